The molecule has 1 saturated carbocycles. The van der Waals surface area contributed by atoms with E-state index in [4.69, 9.17) is 16.3 Å². The SMILES string of the molecule is COc1c(C(=O)Cl)cccc1C1CCCCC1. The number of para-hydroxylation sites is 1. The maximum Gasteiger partial charge on any atom is 0.256 e. The molecule has 0 spiro atoms. The fourth-order valence-electron chi connectivity index (χ4n) is 2.67. The Morgan fingerprint density at radius 3 is 2.59 bits per heavy atom. The average Bonchev–Trinajstić information content (AvgIpc) is 2.38. The Labute approximate surface area is 107 Å². The molecule has 1 aliphatic carbocycles. The van der Waals surface area contributed by atoms with Gasteiger partial charge in [-0.1, -0.05) is 31.4 Å². The molecule has 92 valence electrons. The first-order valence-corrected chi connectivity index (χ1v) is 6.48. The topological polar surface area (TPSA) is 26.3 Å². The van der Waals surface area contributed by atoms with Crippen LogP contribution in [0.3, 0.4) is 0 Å². The number of hydrogen-bond donors (Lipinski definition) is 0. The van der Waals surface area contributed by atoms with E-state index in [2.05, 4.69) is 6.07 Å². The first-order valence-electron chi connectivity index (χ1n) is 6.10. The van der Waals surface area contributed by atoms with Crippen LogP contribution in [0.1, 0.15) is 53.9 Å². The molecule has 0 amide bonds. The van der Waals surface area contributed by atoms with Crippen LogP contribution in [0.4, 0.5) is 0 Å². The van der Waals surface area contributed by atoms with Crippen LogP contribution in [-0.2, 0) is 0 Å². The van der Waals surface area contributed by atoms with Gasteiger partial charge >= 0.3 is 0 Å². The van der Waals surface area contributed by atoms with Crippen molar-refractivity contribution in [2.24, 2.45) is 0 Å². The Morgan fingerprint density at radius 1 is 1.29 bits per heavy atom. The van der Waals surface area contributed by atoms with Gasteiger partial charge in [0.15, 0.2) is 0 Å². The van der Waals surface area contributed by atoms with E-state index in [1.807, 2.05) is 6.07 Å². The van der Waals surface area contributed by atoms with Crippen molar-refractivity contribution >= 4 is 16.8 Å². The van der Waals surface area contributed by atoms with Gasteiger partial charge in [0.25, 0.3) is 5.24 Å². The van der Waals surface area contributed by atoms with Gasteiger partial charge in [-0.25, -0.2) is 0 Å². The normalized spacial score (nSPS) is 16.8. The highest BCUT2D eigenvalue weighted by molar-refractivity contribution is 6.68. The number of rotatable bonds is 3. The molecule has 0 N–H and O–H groups in total. The second-order valence-corrected chi connectivity index (χ2v) is 4.88. The Hall–Kier alpha value is -1.02. The number of ether oxygens (including phenoxy) is 1. The highest BCUT2D eigenvalue weighted by Gasteiger charge is 2.22. The second-order valence-electron chi connectivity index (χ2n) is 4.54. The summed E-state index contributed by atoms with van der Waals surface area (Å²) >= 11 is 5.58. The van der Waals surface area contributed by atoms with Crippen molar-refractivity contribution in [2.45, 2.75) is 38.0 Å². The van der Waals surface area contributed by atoms with Gasteiger partial charge in [0, 0.05) is 0 Å². The summed E-state index contributed by atoms with van der Waals surface area (Å²) in [5.41, 5.74) is 1.62. The number of hydrogen-bond acceptors (Lipinski definition) is 2. The molecule has 1 fully saturated rings. The lowest BCUT2D eigenvalue weighted by molar-refractivity contribution is 0.107. The van der Waals surface area contributed by atoms with Crippen molar-refractivity contribution in [1.82, 2.24) is 0 Å². The van der Waals surface area contributed by atoms with Crippen LogP contribution in [0.25, 0.3) is 0 Å². The maximum atomic E-state index is 11.3. The van der Waals surface area contributed by atoms with Gasteiger partial charge in [-0.05, 0) is 42.0 Å². The molecular formula is C14H17ClO2. The Morgan fingerprint density at radius 2 is 2.00 bits per heavy atom. The molecule has 0 heterocycles. The summed E-state index contributed by atoms with van der Waals surface area (Å²) in [5.74, 6) is 1.18. The minimum Gasteiger partial charge on any atom is -0.496 e. The highest BCUT2D eigenvalue weighted by atomic mass is 35.5. The summed E-state index contributed by atoms with van der Waals surface area (Å²) in [6.07, 6.45) is 6.18. The van der Waals surface area contributed by atoms with Crippen LogP contribution < -0.4 is 4.74 Å². The van der Waals surface area contributed by atoms with E-state index < -0.39 is 5.24 Å². The molecule has 17 heavy (non-hydrogen) atoms. The van der Waals surface area contributed by atoms with Gasteiger partial charge in [-0.15, -0.1) is 0 Å². The maximum absolute atomic E-state index is 11.3. The quantitative estimate of drug-likeness (QED) is 0.757. The molecule has 0 aromatic heterocycles. The van der Waals surface area contributed by atoms with E-state index >= 15 is 0 Å². The largest absolute Gasteiger partial charge is 0.496 e. The van der Waals surface area contributed by atoms with Crippen molar-refractivity contribution in [3.05, 3.63) is 29.3 Å². The highest BCUT2D eigenvalue weighted by Crippen LogP contribution is 2.39. The average molecular weight is 253 g/mol. The predicted octanol–water partition coefficient (Wildman–Crippen LogP) is 4.12. The van der Waals surface area contributed by atoms with Crippen LogP contribution in [0.2, 0.25) is 0 Å². The standard InChI is InChI=1S/C14H17ClO2/c1-17-13-11(10-6-3-2-4-7-10)8-5-9-12(13)14(15)16/h5,8-10H,2-4,6-7H2,1H3. The summed E-state index contributed by atoms with van der Waals surface area (Å²) in [6.45, 7) is 0. The lowest BCUT2D eigenvalue weighted by atomic mass is 9.83. The van der Waals surface area contributed by atoms with Crippen molar-refractivity contribution in [2.75, 3.05) is 7.11 Å². The Kier molecular flexibility index (Phi) is 4.06. The predicted molar refractivity (Wildman–Crippen MR) is 69.0 cm³/mol. The van der Waals surface area contributed by atoms with Crippen LogP contribution >= 0.6 is 11.6 Å². The minimum absolute atomic E-state index is 0.445. The van der Waals surface area contributed by atoms with Gasteiger partial charge in [-0.3, -0.25) is 4.79 Å². The molecule has 1 aliphatic rings. The number of carbonyl (C=O) groups excluding carboxylic acids is 1. The molecule has 0 saturated heterocycles. The van der Waals surface area contributed by atoms with Gasteiger partial charge in [0.2, 0.25) is 0 Å². The number of methoxy groups -OCH3 is 1. The zero-order valence-electron chi connectivity index (χ0n) is 10.0. The lowest BCUT2D eigenvalue weighted by Crippen LogP contribution is -2.08. The van der Waals surface area contributed by atoms with E-state index in [1.54, 1.807) is 13.2 Å². The molecule has 0 aliphatic heterocycles. The minimum atomic E-state index is -0.445. The first kappa shape index (κ1) is 12.4. The third kappa shape index (κ3) is 2.63. The zero-order chi connectivity index (χ0) is 12.3. The monoisotopic (exact) mass is 252 g/mol. The first-order chi connectivity index (χ1) is 8.24. The molecule has 0 atom stereocenters. The van der Waals surface area contributed by atoms with Crippen LogP contribution in [0.5, 0.6) is 5.75 Å². The number of carbonyl (C=O) groups is 1. The molecule has 0 unspecified atom stereocenters. The van der Waals surface area contributed by atoms with Gasteiger partial charge in [-0.2, -0.15) is 0 Å². The smallest absolute Gasteiger partial charge is 0.256 e. The van der Waals surface area contributed by atoms with E-state index in [0.717, 1.165) is 5.56 Å². The fourth-order valence-corrected chi connectivity index (χ4v) is 2.82. The Bertz CT molecular complexity index is 409. The van der Waals surface area contributed by atoms with Crippen LogP contribution in [0.15, 0.2) is 18.2 Å². The van der Waals surface area contributed by atoms with Gasteiger partial charge in [0.1, 0.15) is 5.75 Å². The Balaban J connectivity index is 2.38. The molecule has 3 heteroatoms. The van der Waals surface area contributed by atoms with E-state index in [-0.39, 0.29) is 0 Å². The second kappa shape index (κ2) is 5.54. The fraction of sp³-hybridized carbons (Fsp3) is 0.500. The molecule has 1 aromatic carbocycles. The third-order valence-electron chi connectivity index (χ3n) is 3.51. The molecule has 1 aromatic rings. The van der Waals surface area contributed by atoms with Crippen molar-refractivity contribution < 1.29 is 9.53 Å². The molecular weight excluding hydrogens is 236 g/mol. The molecule has 0 bridgehead atoms. The van der Waals surface area contributed by atoms with Gasteiger partial charge in [0.05, 0.1) is 12.7 Å². The summed E-state index contributed by atoms with van der Waals surface area (Å²) in [5, 5.41) is -0.445. The van der Waals surface area contributed by atoms with E-state index in [0.29, 0.717) is 17.2 Å². The lowest BCUT2D eigenvalue weighted by Gasteiger charge is -2.24. The summed E-state index contributed by atoms with van der Waals surface area (Å²) < 4.78 is 5.39. The van der Waals surface area contributed by atoms with Crippen LogP contribution in [0, 0.1) is 0 Å². The summed E-state index contributed by atoms with van der Waals surface area (Å²) in [7, 11) is 1.60. The van der Waals surface area contributed by atoms with Crippen molar-refractivity contribution in [1.29, 1.82) is 0 Å². The molecule has 0 radical (unpaired) electrons. The van der Waals surface area contributed by atoms with Crippen LogP contribution in [-0.4, -0.2) is 12.4 Å². The van der Waals surface area contributed by atoms with E-state index in [1.165, 1.54) is 32.1 Å². The zero-order valence-corrected chi connectivity index (χ0v) is 10.8. The number of benzene rings is 1. The number of halogens is 1. The summed E-state index contributed by atoms with van der Waals surface area (Å²) in [6, 6.07) is 5.67. The van der Waals surface area contributed by atoms with Crippen molar-refractivity contribution in [3.8, 4) is 5.75 Å². The third-order valence-corrected chi connectivity index (χ3v) is 3.71. The molecule has 2 rings (SSSR count). The van der Waals surface area contributed by atoms with Gasteiger partial charge < -0.3 is 4.74 Å². The van der Waals surface area contributed by atoms with E-state index in [9.17, 15) is 4.79 Å². The molecule has 2 nitrogen and oxygen atoms in total. The van der Waals surface area contributed by atoms with Crippen molar-refractivity contribution in [3.63, 3.8) is 0 Å². The summed E-state index contributed by atoms with van der Waals surface area (Å²) in [4.78, 5) is 11.3.